The molecule has 2 aliphatic heterocycles. The van der Waals surface area contributed by atoms with Crippen LogP contribution >= 0.6 is 11.8 Å². The van der Waals surface area contributed by atoms with Gasteiger partial charge in [0.15, 0.2) is 0 Å². The highest BCUT2D eigenvalue weighted by Gasteiger charge is 2.41. The van der Waals surface area contributed by atoms with Crippen molar-refractivity contribution in [2.75, 3.05) is 18.8 Å². The van der Waals surface area contributed by atoms with Gasteiger partial charge in [0.1, 0.15) is 0 Å². The van der Waals surface area contributed by atoms with E-state index >= 15 is 0 Å². The molecule has 0 radical (unpaired) electrons. The molecule has 1 N–H and O–H groups in total. The van der Waals surface area contributed by atoms with E-state index in [1.165, 1.54) is 12.2 Å². The Morgan fingerprint density at radius 2 is 2.31 bits per heavy atom. The normalized spacial score (nSPS) is 41.1. The minimum atomic E-state index is -0.629. The van der Waals surface area contributed by atoms with Gasteiger partial charge in [-0.15, -0.1) is 0 Å². The Morgan fingerprint density at radius 3 is 2.88 bits per heavy atom. The van der Waals surface area contributed by atoms with E-state index in [9.17, 15) is 9.90 Å². The molecule has 0 aliphatic carbocycles. The van der Waals surface area contributed by atoms with Crippen LogP contribution in [0.5, 0.6) is 0 Å². The Bertz CT molecular complexity index is 284. The van der Waals surface area contributed by atoms with E-state index in [1.807, 2.05) is 18.7 Å². The van der Waals surface area contributed by atoms with Crippen LogP contribution in [0, 0.1) is 5.41 Å². The van der Waals surface area contributed by atoms with Gasteiger partial charge in [-0.05, 0) is 38.5 Å². The van der Waals surface area contributed by atoms with Gasteiger partial charge in [0.05, 0.1) is 5.41 Å². The first-order chi connectivity index (χ1) is 7.53. The number of hydrogen-bond acceptors (Lipinski definition) is 3. The molecule has 3 nitrogen and oxygen atoms in total. The minimum Gasteiger partial charge on any atom is -0.481 e. The van der Waals surface area contributed by atoms with Gasteiger partial charge >= 0.3 is 5.97 Å². The van der Waals surface area contributed by atoms with Crippen LogP contribution in [0.25, 0.3) is 0 Å². The van der Waals surface area contributed by atoms with Gasteiger partial charge in [0, 0.05) is 17.8 Å². The molecular formula is C12H21NO2S. The summed E-state index contributed by atoms with van der Waals surface area (Å²) < 4.78 is 0. The van der Waals surface area contributed by atoms with Crippen molar-refractivity contribution in [2.24, 2.45) is 5.41 Å². The lowest BCUT2D eigenvalue weighted by molar-refractivity contribution is -0.151. The summed E-state index contributed by atoms with van der Waals surface area (Å²) >= 11 is 2.02. The zero-order valence-corrected chi connectivity index (χ0v) is 10.9. The molecule has 2 heterocycles. The predicted molar refractivity (Wildman–Crippen MR) is 66.9 cm³/mol. The Hall–Kier alpha value is -0.220. The highest BCUT2D eigenvalue weighted by Crippen LogP contribution is 2.36. The quantitative estimate of drug-likeness (QED) is 0.806. The second kappa shape index (κ2) is 4.57. The number of aliphatic carboxylic acids is 1. The van der Waals surface area contributed by atoms with E-state index in [1.54, 1.807) is 0 Å². The van der Waals surface area contributed by atoms with Crippen LogP contribution in [0.15, 0.2) is 0 Å². The van der Waals surface area contributed by atoms with E-state index in [0.29, 0.717) is 11.3 Å². The molecule has 0 aromatic heterocycles. The molecule has 92 valence electrons. The Morgan fingerprint density at radius 1 is 1.56 bits per heavy atom. The van der Waals surface area contributed by atoms with Gasteiger partial charge in [0.2, 0.25) is 0 Å². The Balaban J connectivity index is 2.04. The predicted octanol–water partition coefficient (Wildman–Crippen LogP) is 2.07. The number of carboxylic acids is 1. The number of rotatable bonds is 2. The summed E-state index contributed by atoms with van der Waals surface area (Å²) in [5.41, 5.74) is -0.523. The van der Waals surface area contributed by atoms with Gasteiger partial charge in [-0.25, -0.2) is 0 Å². The van der Waals surface area contributed by atoms with E-state index in [2.05, 4.69) is 11.8 Å². The number of carboxylic acid groups (broad SMARTS) is 1. The molecule has 0 spiro atoms. The maximum atomic E-state index is 11.3. The second-order valence-electron chi connectivity index (χ2n) is 5.37. The van der Waals surface area contributed by atoms with Gasteiger partial charge in [-0.1, -0.05) is 6.92 Å². The zero-order valence-electron chi connectivity index (χ0n) is 10.1. The first-order valence-corrected chi connectivity index (χ1v) is 7.17. The van der Waals surface area contributed by atoms with Crippen LogP contribution in [0.3, 0.4) is 0 Å². The number of nitrogens with zero attached hydrogens (tertiary/aromatic N) is 1. The van der Waals surface area contributed by atoms with Crippen LogP contribution in [-0.2, 0) is 4.79 Å². The summed E-state index contributed by atoms with van der Waals surface area (Å²) in [6, 6.07) is 0.601. The van der Waals surface area contributed by atoms with Crippen molar-refractivity contribution in [3.8, 4) is 0 Å². The molecule has 3 atom stereocenters. The van der Waals surface area contributed by atoms with Crippen molar-refractivity contribution in [3.05, 3.63) is 0 Å². The number of likely N-dealkylation sites (tertiary alicyclic amines) is 1. The Kier molecular flexibility index (Phi) is 3.50. The lowest BCUT2D eigenvalue weighted by Crippen LogP contribution is -2.51. The van der Waals surface area contributed by atoms with Crippen molar-refractivity contribution in [1.29, 1.82) is 0 Å². The molecule has 3 unspecified atom stereocenters. The third-order valence-electron chi connectivity index (χ3n) is 4.05. The van der Waals surface area contributed by atoms with Crippen LogP contribution in [0.2, 0.25) is 0 Å². The van der Waals surface area contributed by atoms with Gasteiger partial charge in [0.25, 0.3) is 0 Å². The van der Waals surface area contributed by atoms with E-state index in [-0.39, 0.29) is 0 Å². The average molecular weight is 243 g/mol. The van der Waals surface area contributed by atoms with Crippen LogP contribution in [0.1, 0.15) is 33.1 Å². The first-order valence-electron chi connectivity index (χ1n) is 6.12. The van der Waals surface area contributed by atoms with Crippen molar-refractivity contribution < 1.29 is 9.90 Å². The smallest absolute Gasteiger partial charge is 0.310 e. The average Bonchev–Trinajstić information content (AvgIpc) is 2.64. The first kappa shape index (κ1) is 12.2. The fourth-order valence-corrected chi connectivity index (χ4v) is 4.22. The summed E-state index contributed by atoms with van der Waals surface area (Å²) in [5.74, 6) is 0.599. The lowest BCUT2D eigenvalue weighted by atomic mass is 9.81. The molecule has 0 bridgehead atoms. The standard InChI is InChI=1S/C12H21NO2S/c1-9-10(4-7-16-9)13-6-3-5-12(2,8-13)11(14)15/h9-10H,3-8H2,1-2H3,(H,14,15). The van der Waals surface area contributed by atoms with Crippen LogP contribution < -0.4 is 0 Å². The molecule has 2 rings (SSSR count). The fraction of sp³-hybridized carbons (Fsp3) is 0.917. The summed E-state index contributed by atoms with van der Waals surface area (Å²) in [6.07, 6.45) is 3.07. The molecule has 4 heteroatoms. The zero-order chi connectivity index (χ0) is 11.8. The molecule has 2 saturated heterocycles. The highest BCUT2D eigenvalue weighted by molar-refractivity contribution is 8.00. The summed E-state index contributed by atoms with van der Waals surface area (Å²) in [5, 5.41) is 9.96. The second-order valence-corrected chi connectivity index (χ2v) is 6.86. The molecule has 2 aliphatic rings. The molecule has 2 fully saturated rings. The van der Waals surface area contributed by atoms with Gasteiger partial charge in [-0.2, -0.15) is 11.8 Å². The van der Waals surface area contributed by atoms with Crippen molar-refractivity contribution in [1.82, 2.24) is 4.90 Å². The summed E-state index contributed by atoms with van der Waals surface area (Å²) in [6.45, 7) is 5.99. The molecule has 0 aromatic rings. The maximum absolute atomic E-state index is 11.3. The van der Waals surface area contributed by atoms with E-state index in [4.69, 9.17) is 0 Å². The van der Waals surface area contributed by atoms with Crippen molar-refractivity contribution >= 4 is 17.7 Å². The van der Waals surface area contributed by atoms with E-state index < -0.39 is 11.4 Å². The fourth-order valence-electron chi connectivity index (χ4n) is 2.94. The largest absolute Gasteiger partial charge is 0.481 e. The van der Waals surface area contributed by atoms with Crippen LogP contribution in [0.4, 0.5) is 0 Å². The highest BCUT2D eigenvalue weighted by atomic mass is 32.2. The number of thioether (sulfide) groups is 1. The molecule has 0 saturated carbocycles. The Labute approximate surface area is 102 Å². The van der Waals surface area contributed by atoms with Crippen LogP contribution in [-0.4, -0.2) is 46.1 Å². The summed E-state index contributed by atoms with van der Waals surface area (Å²) in [4.78, 5) is 13.7. The molecular weight excluding hydrogens is 222 g/mol. The summed E-state index contributed by atoms with van der Waals surface area (Å²) in [7, 11) is 0. The lowest BCUT2D eigenvalue weighted by Gasteiger charge is -2.41. The minimum absolute atomic E-state index is 0.523. The molecule has 0 aromatic carbocycles. The third kappa shape index (κ3) is 2.23. The topological polar surface area (TPSA) is 40.5 Å². The number of hydrogen-bond donors (Lipinski definition) is 1. The molecule has 0 amide bonds. The van der Waals surface area contributed by atoms with Crippen molar-refractivity contribution in [3.63, 3.8) is 0 Å². The van der Waals surface area contributed by atoms with Gasteiger partial charge in [-0.3, -0.25) is 9.69 Å². The van der Waals surface area contributed by atoms with E-state index in [0.717, 1.165) is 25.9 Å². The third-order valence-corrected chi connectivity index (χ3v) is 5.36. The molecule has 16 heavy (non-hydrogen) atoms. The number of carbonyl (C=O) groups is 1. The number of piperidine rings is 1. The monoisotopic (exact) mass is 243 g/mol. The maximum Gasteiger partial charge on any atom is 0.310 e. The SMILES string of the molecule is CC1SCCC1N1CCCC(C)(C(=O)O)C1. The van der Waals surface area contributed by atoms with Crippen molar-refractivity contribution in [2.45, 2.75) is 44.4 Å². The van der Waals surface area contributed by atoms with Gasteiger partial charge < -0.3 is 5.11 Å².